The molecule has 1 aliphatic heterocycles. The minimum absolute atomic E-state index is 0.0239. The Morgan fingerprint density at radius 1 is 1.21 bits per heavy atom. The Labute approximate surface area is 91.2 Å². The van der Waals surface area contributed by atoms with E-state index in [1.165, 1.54) is 19.5 Å². The number of alkyl halides is 1. The fourth-order valence-electron chi connectivity index (χ4n) is 2.97. The molecule has 0 aromatic rings. The van der Waals surface area contributed by atoms with Crippen LogP contribution in [0.1, 0.15) is 25.7 Å². The third kappa shape index (κ3) is 2.41. The Morgan fingerprint density at radius 3 is 2.79 bits per heavy atom. The molecule has 14 heavy (non-hydrogen) atoms. The van der Waals surface area contributed by atoms with E-state index < -0.39 is 0 Å². The quantitative estimate of drug-likeness (QED) is 0.728. The normalized spacial score (nSPS) is 38.6. The molecule has 82 valence electrons. The first kappa shape index (κ1) is 10.7. The van der Waals surface area contributed by atoms with Crippen molar-refractivity contribution in [1.82, 2.24) is 4.90 Å². The van der Waals surface area contributed by atoms with Crippen LogP contribution in [0.15, 0.2) is 0 Å². The number of aliphatic hydroxyl groups excluding tert-OH is 1. The molecule has 3 atom stereocenters. The van der Waals surface area contributed by atoms with Gasteiger partial charge in [0, 0.05) is 19.0 Å². The van der Waals surface area contributed by atoms with Crippen LogP contribution < -0.4 is 0 Å². The second kappa shape index (κ2) is 4.82. The number of halogens is 1. The Hall–Kier alpha value is 0.210. The standard InChI is InChI=1S/C11H20ClNO/c12-4-1-5-13-7-9-2-3-11(14)6-10(9)8-13/h9-11,14H,1-8H2. The van der Waals surface area contributed by atoms with E-state index in [1.54, 1.807) is 0 Å². The van der Waals surface area contributed by atoms with Crippen molar-refractivity contribution in [1.29, 1.82) is 0 Å². The molecule has 0 radical (unpaired) electrons. The van der Waals surface area contributed by atoms with Crippen LogP contribution in [0, 0.1) is 11.8 Å². The van der Waals surface area contributed by atoms with Crippen LogP contribution in [0.5, 0.6) is 0 Å². The van der Waals surface area contributed by atoms with Gasteiger partial charge in [-0.15, -0.1) is 11.6 Å². The highest BCUT2D eigenvalue weighted by molar-refractivity contribution is 6.17. The van der Waals surface area contributed by atoms with E-state index in [0.717, 1.165) is 43.5 Å². The van der Waals surface area contributed by atoms with E-state index in [9.17, 15) is 5.11 Å². The summed E-state index contributed by atoms with van der Waals surface area (Å²) in [5.74, 6) is 2.39. The van der Waals surface area contributed by atoms with E-state index in [0.29, 0.717) is 0 Å². The number of hydrogen-bond acceptors (Lipinski definition) is 2. The largest absolute Gasteiger partial charge is 0.393 e. The van der Waals surface area contributed by atoms with Crippen molar-refractivity contribution in [3.05, 3.63) is 0 Å². The molecule has 0 amide bonds. The zero-order valence-electron chi connectivity index (χ0n) is 8.66. The summed E-state index contributed by atoms with van der Waals surface area (Å²) >= 11 is 5.69. The van der Waals surface area contributed by atoms with Gasteiger partial charge in [0.1, 0.15) is 0 Å². The lowest BCUT2D eigenvalue weighted by atomic mass is 9.80. The summed E-state index contributed by atoms with van der Waals surface area (Å²) in [5.41, 5.74) is 0. The lowest BCUT2D eigenvalue weighted by Gasteiger charge is -2.27. The average molecular weight is 218 g/mol. The molecule has 1 aliphatic carbocycles. The van der Waals surface area contributed by atoms with E-state index >= 15 is 0 Å². The van der Waals surface area contributed by atoms with Crippen molar-refractivity contribution in [3.63, 3.8) is 0 Å². The molecular formula is C11H20ClNO. The molecule has 3 unspecified atom stereocenters. The Morgan fingerprint density at radius 2 is 2.00 bits per heavy atom. The molecule has 2 aliphatic rings. The predicted molar refractivity (Wildman–Crippen MR) is 58.6 cm³/mol. The molecule has 2 rings (SSSR count). The SMILES string of the molecule is OC1CCC2CN(CCCCl)CC2C1. The number of likely N-dealkylation sites (tertiary alicyclic amines) is 1. The summed E-state index contributed by atoms with van der Waals surface area (Å²) < 4.78 is 0. The minimum Gasteiger partial charge on any atom is -0.393 e. The molecule has 2 nitrogen and oxygen atoms in total. The van der Waals surface area contributed by atoms with Gasteiger partial charge >= 0.3 is 0 Å². The molecule has 2 fully saturated rings. The van der Waals surface area contributed by atoms with Crippen LogP contribution >= 0.6 is 11.6 Å². The number of fused-ring (bicyclic) bond motifs is 1. The molecule has 0 bridgehead atoms. The summed E-state index contributed by atoms with van der Waals surface area (Å²) in [7, 11) is 0. The van der Waals surface area contributed by atoms with E-state index in [4.69, 9.17) is 11.6 Å². The highest BCUT2D eigenvalue weighted by atomic mass is 35.5. The van der Waals surface area contributed by atoms with Crippen molar-refractivity contribution in [3.8, 4) is 0 Å². The first-order valence-electron chi connectivity index (χ1n) is 5.76. The second-order valence-corrected chi connectivity index (χ2v) is 5.17. The average Bonchev–Trinajstić information content (AvgIpc) is 2.56. The number of nitrogens with zero attached hydrogens (tertiary/aromatic N) is 1. The number of hydrogen-bond donors (Lipinski definition) is 1. The van der Waals surface area contributed by atoms with Crippen LogP contribution in [-0.2, 0) is 0 Å². The van der Waals surface area contributed by atoms with E-state index in [2.05, 4.69) is 4.90 Å². The topological polar surface area (TPSA) is 23.5 Å². The Balaban J connectivity index is 1.80. The van der Waals surface area contributed by atoms with Crippen LogP contribution in [0.2, 0.25) is 0 Å². The zero-order chi connectivity index (χ0) is 9.97. The minimum atomic E-state index is -0.0239. The monoisotopic (exact) mass is 217 g/mol. The van der Waals surface area contributed by atoms with Gasteiger partial charge in [-0.3, -0.25) is 0 Å². The number of rotatable bonds is 3. The van der Waals surface area contributed by atoms with Crippen LogP contribution in [0.25, 0.3) is 0 Å². The van der Waals surface area contributed by atoms with E-state index in [1.807, 2.05) is 0 Å². The summed E-state index contributed by atoms with van der Waals surface area (Å²) in [6, 6.07) is 0. The predicted octanol–water partition coefficient (Wildman–Crippen LogP) is 1.71. The number of aliphatic hydroxyl groups is 1. The molecule has 0 aromatic heterocycles. The van der Waals surface area contributed by atoms with Gasteiger partial charge in [-0.25, -0.2) is 0 Å². The van der Waals surface area contributed by atoms with Gasteiger partial charge in [0.25, 0.3) is 0 Å². The van der Waals surface area contributed by atoms with Crippen molar-refractivity contribution in [2.75, 3.05) is 25.5 Å². The highest BCUT2D eigenvalue weighted by Crippen LogP contribution is 2.36. The lowest BCUT2D eigenvalue weighted by Crippen LogP contribution is -2.26. The third-order valence-electron chi connectivity index (χ3n) is 3.71. The maximum Gasteiger partial charge on any atom is 0.0543 e. The molecule has 3 heteroatoms. The third-order valence-corrected chi connectivity index (χ3v) is 3.97. The van der Waals surface area contributed by atoms with Gasteiger partial charge < -0.3 is 10.0 Å². The van der Waals surface area contributed by atoms with Crippen LogP contribution in [0.3, 0.4) is 0 Å². The fourth-order valence-corrected chi connectivity index (χ4v) is 3.09. The Bertz CT molecular complexity index is 188. The lowest BCUT2D eigenvalue weighted by molar-refractivity contribution is 0.0865. The molecule has 1 saturated carbocycles. The smallest absolute Gasteiger partial charge is 0.0543 e. The molecule has 1 saturated heterocycles. The summed E-state index contributed by atoms with van der Waals surface area (Å²) in [4.78, 5) is 2.52. The molecular weight excluding hydrogens is 198 g/mol. The zero-order valence-corrected chi connectivity index (χ0v) is 9.42. The summed E-state index contributed by atoms with van der Waals surface area (Å²) in [5, 5.41) is 9.58. The van der Waals surface area contributed by atoms with Crippen molar-refractivity contribution in [2.45, 2.75) is 31.8 Å². The van der Waals surface area contributed by atoms with Crippen LogP contribution in [0.4, 0.5) is 0 Å². The van der Waals surface area contributed by atoms with Crippen molar-refractivity contribution >= 4 is 11.6 Å². The molecule has 0 aromatic carbocycles. The molecule has 1 heterocycles. The maximum atomic E-state index is 9.58. The van der Waals surface area contributed by atoms with Crippen molar-refractivity contribution in [2.24, 2.45) is 11.8 Å². The fraction of sp³-hybridized carbons (Fsp3) is 1.00. The summed E-state index contributed by atoms with van der Waals surface area (Å²) in [6.07, 6.45) is 4.35. The Kier molecular flexibility index (Phi) is 3.69. The first-order valence-corrected chi connectivity index (χ1v) is 6.29. The van der Waals surface area contributed by atoms with Gasteiger partial charge in [-0.05, 0) is 44.1 Å². The van der Waals surface area contributed by atoms with Gasteiger partial charge in [-0.1, -0.05) is 0 Å². The van der Waals surface area contributed by atoms with Gasteiger partial charge in [0.05, 0.1) is 6.10 Å². The first-order chi connectivity index (χ1) is 6.79. The van der Waals surface area contributed by atoms with Gasteiger partial charge in [-0.2, -0.15) is 0 Å². The van der Waals surface area contributed by atoms with Crippen molar-refractivity contribution < 1.29 is 5.11 Å². The maximum absolute atomic E-state index is 9.58. The summed E-state index contributed by atoms with van der Waals surface area (Å²) in [6.45, 7) is 3.58. The second-order valence-electron chi connectivity index (χ2n) is 4.79. The molecule has 0 spiro atoms. The van der Waals surface area contributed by atoms with Crippen LogP contribution in [-0.4, -0.2) is 41.6 Å². The molecule has 1 N–H and O–H groups in total. The van der Waals surface area contributed by atoms with E-state index in [-0.39, 0.29) is 6.10 Å². The van der Waals surface area contributed by atoms with Gasteiger partial charge in [0.2, 0.25) is 0 Å². The van der Waals surface area contributed by atoms with Gasteiger partial charge in [0.15, 0.2) is 0 Å². The highest BCUT2D eigenvalue weighted by Gasteiger charge is 2.36.